The molecule has 0 aliphatic carbocycles. The van der Waals surface area contributed by atoms with Gasteiger partial charge >= 0.3 is 0 Å². The van der Waals surface area contributed by atoms with Crippen molar-refractivity contribution in [3.05, 3.63) is 126 Å². The van der Waals surface area contributed by atoms with Gasteiger partial charge in [0.2, 0.25) is 5.55 Å². The minimum atomic E-state index is -0.464. The molecule has 0 bridgehead atoms. The molecule has 0 saturated carbocycles. The molecule has 5 aromatic heterocycles. The van der Waals surface area contributed by atoms with Crippen molar-refractivity contribution in [3.8, 4) is 28.1 Å². The van der Waals surface area contributed by atoms with Crippen LogP contribution in [0.4, 0.5) is 0 Å². The summed E-state index contributed by atoms with van der Waals surface area (Å²) < 4.78 is 9.34. The number of pyridine rings is 2. The van der Waals surface area contributed by atoms with Crippen molar-refractivity contribution in [1.82, 2.24) is 29.1 Å². The van der Waals surface area contributed by atoms with Gasteiger partial charge in [-0.15, -0.1) is 0 Å². The number of fused-ring (bicyclic) bond motifs is 6. The quantitative estimate of drug-likeness (QED) is 0.298. The topological polar surface area (TPSA) is 115 Å². The molecule has 194 valence electrons. The average Bonchev–Trinajstić information content (AvgIpc) is 3.50. The molecule has 9 heteroatoms. The Morgan fingerprint density at radius 1 is 0.756 bits per heavy atom. The van der Waals surface area contributed by atoms with Gasteiger partial charge in [0.05, 0.1) is 22.2 Å². The largest absolute Gasteiger partial charge is 0.438 e. The molecule has 0 aliphatic heterocycles. The smallest absolute Gasteiger partial charge is 0.285 e. The molecule has 0 unspecified atom stereocenters. The van der Waals surface area contributed by atoms with Crippen molar-refractivity contribution >= 4 is 38.6 Å². The Morgan fingerprint density at radius 2 is 1.51 bits per heavy atom. The summed E-state index contributed by atoms with van der Waals surface area (Å²) in [6, 6.07) is 31.1. The van der Waals surface area contributed by atoms with Crippen LogP contribution in [0, 0.1) is 5.41 Å². The zero-order valence-corrected chi connectivity index (χ0v) is 21.4. The average molecular weight is 534 g/mol. The molecule has 3 aromatic carbocycles. The van der Waals surface area contributed by atoms with Gasteiger partial charge in [-0.2, -0.15) is 10.1 Å². The molecule has 41 heavy (non-hydrogen) atoms. The van der Waals surface area contributed by atoms with Gasteiger partial charge < -0.3 is 4.42 Å². The van der Waals surface area contributed by atoms with Gasteiger partial charge in [-0.05, 0) is 41.5 Å². The highest BCUT2D eigenvalue weighted by Crippen LogP contribution is 2.38. The van der Waals surface area contributed by atoms with E-state index in [2.05, 4.69) is 15.1 Å². The van der Waals surface area contributed by atoms with Gasteiger partial charge in [-0.3, -0.25) is 14.8 Å². The zero-order valence-electron chi connectivity index (χ0n) is 21.4. The van der Waals surface area contributed by atoms with Crippen LogP contribution in [-0.2, 0) is 0 Å². The van der Waals surface area contributed by atoms with Crippen LogP contribution < -0.4 is 11.1 Å². The van der Waals surface area contributed by atoms with Crippen molar-refractivity contribution < 1.29 is 4.42 Å². The maximum atomic E-state index is 13.7. The lowest BCUT2D eigenvalue weighted by molar-refractivity contribution is 0.535. The Morgan fingerprint density at radius 3 is 2.34 bits per heavy atom. The second-order valence-electron chi connectivity index (χ2n) is 9.62. The number of rotatable bonds is 3. The van der Waals surface area contributed by atoms with Crippen LogP contribution in [0.2, 0.25) is 0 Å². The van der Waals surface area contributed by atoms with Crippen LogP contribution >= 0.6 is 0 Å². The number of benzene rings is 3. The summed E-state index contributed by atoms with van der Waals surface area (Å²) in [7, 11) is 0. The van der Waals surface area contributed by atoms with E-state index in [1.54, 1.807) is 6.33 Å². The van der Waals surface area contributed by atoms with Crippen molar-refractivity contribution in [1.29, 1.82) is 5.41 Å². The lowest BCUT2D eigenvalue weighted by Crippen LogP contribution is -2.16. The highest BCUT2D eigenvalue weighted by molar-refractivity contribution is 6.13. The molecule has 9 nitrogen and oxygen atoms in total. The summed E-state index contributed by atoms with van der Waals surface area (Å²) in [5, 5.41) is 14.9. The number of nitrogens with one attached hydrogen (secondary N) is 1. The molecule has 0 atom stereocenters. The van der Waals surface area contributed by atoms with E-state index >= 15 is 0 Å². The number of aromatic nitrogens is 6. The summed E-state index contributed by atoms with van der Waals surface area (Å²) in [5.41, 5.74) is 5.13. The molecule has 8 aromatic rings. The van der Waals surface area contributed by atoms with E-state index in [9.17, 15) is 4.79 Å². The SMILES string of the molecule is N=c1oc2ccccc2cc1-c1cc(-c2ccccc2)c2c3ncn4ncnc4c3c(=O)nc2n1-c1ccccc1. The predicted molar refractivity (Wildman–Crippen MR) is 156 cm³/mol. The van der Waals surface area contributed by atoms with Crippen LogP contribution in [-0.4, -0.2) is 29.1 Å². The second kappa shape index (κ2) is 8.78. The molecule has 8 rings (SSSR count). The first-order valence-corrected chi connectivity index (χ1v) is 12.9. The minimum absolute atomic E-state index is 0.00169. The Labute approximate surface area is 231 Å². The first-order valence-electron chi connectivity index (χ1n) is 12.9. The fraction of sp³-hybridized carbons (Fsp3) is 0. The van der Waals surface area contributed by atoms with Gasteiger partial charge in [-0.25, -0.2) is 14.5 Å². The van der Waals surface area contributed by atoms with Crippen LogP contribution in [0.5, 0.6) is 0 Å². The van der Waals surface area contributed by atoms with Crippen LogP contribution in [0.15, 0.2) is 119 Å². The summed E-state index contributed by atoms with van der Waals surface area (Å²) in [4.78, 5) is 27.4. The van der Waals surface area contributed by atoms with E-state index < -0.39 is 5.56 Å². The van der Waals surface area contributed by atoms with Crippen molar-refractivity contribution in [3.63, 3.8) is 0 Å². The lowest BCUT2D eigenvalue weighted by Gasteiger charge is -2.20. The third-order valence-electron chi connectivity index (χ3n) is 7.27. The van der Waals surface area contributed by atoms with Gasteiger partial charge in [-0.1, -0.05) is 66.7 Å². The molecule has 0 saturated heterocycles. The molecule has 0 aliphatic rings. The zero-order chi connectivity index (χ0) is 27.5. The van der Waals surface area contributed by atoms with Crippen LogP contribution in [0.25, 0.3) is 66.6 Å². The summed E-state index contributed by atoms with van der Waals surface area (Å²) in [6.45, 7) is 0. The van der Waals surface area contributed by atoms with E-state index in [-0.39, 0.29) is 5.55 Å². The Hall–Kier alpha value is -5.96. The fourth-order valence-electron chi connectivity index (χ4n) is 5.45. The van der Waals surface area contributed by atoms with E-state index in [0.717, 1.165) is 22.2 Å². The minimum Gasteiger partial charge on any atom is -0.438 e. The summed E-state index contributed by atoms with van der Waals surface area (Å²) in [5.74, 6) is 0. The Kier molecular flexibility index (Phi) is 4.92. The number of hydrogen-bond donors (Lipinski definition) is 1. The fourth-order valence-corrected chi connectivity index (χ4v) is 5.45. The van der Waals surface area contributed by atoms with E-state index in [1.807, 2.05) is 102 Å². The standard InChI is InChI=1S/C32H19N7O2/c33-29-23(15-20-11-7-8-14-25(20)41-29)24-16-22(19-9-3-1-4-10-19)26-28-27(30-34-17-36-38(30)18-35-28)32(40)37-31(26)39(24)21-12-5-2-6-13-21/h1-18,33H. The van der Waals surface area contributed by atoms with Crippen molar-refractivity contribution in [2.45, 2.75) is 0 Å². The molecule has 0 spiro atoms. The van der Waals surface area contributed by atoms with Gasteiger partial charge in [0.1, 0.15) is 23.6 Å². The number of nitrogens with zero attached hydrogens (tertiary/aromatic N) is 6. The van der Waals surface area contributed by atoms with Gasteiger partial charge in [0, 0.05) is 11.1 Å². The third kappa shape index (κ3) is 3.49. The van der Waals surface area contributed by atoms with Gasteiger partial charge in [0.15, 0.2) is 11.3 Å². The predicted octanol–water partition coefficient (Wildman–Crippen LogP) is 5.54. The highest BCUT2D eigenvalue weighted by Gasteiger charge is 2.23. The van der Waals surface area contributed by atoms with Crippen molar-refractivity contribution in [2.75, 3.05) is 0 Å². The monoisotopic (exact) mass is 533 g/mol. The summed E-state index contributed by atoms with van der Waals surface area (Å²) >= 11 is 0. The first kappa shape index (κ1) is 23.0. The molecule has 0 radical (unpaired) electrons. The number of para-hydroxylation sites is 2. The normalized spacial score (nSPS) is 11.6. The Balaban J connectivity index is 1.63. The molecule has 0 amide bonds. The van der Waals surface area contributed by atoms with E-state index in [0.29, 0.717) is 44.4 Å². The third-order valence-corrected chi connectivity index (χ3v) is 7.27. The van der Waals surface area contributed by atoms with Crippen molar-refractivity contribution in [2.24, 2.45) is 0 Å². The summed E-state index contributed by atoms with van der Waals surface area (Å²) in [6.07, 6.45) is 2.95. The number of hydrogen-bond acceptors (Lipinski definition) is 7. The van der Waals surface area contributed by atoms with Gasteiger partial charge in [0.25, 0.3) is 5.56 Å². The molecule has 5 heterocycles. The first-order chi connectivity index (χ1) is 20.2. The maximum absolute atomic E-state index is 13.7. The van der Waals surface area contributed by atoms with E-state index in [4.69, 9.17) is 14.8 Å². The molecule has 1 N–H and O–H groups in total. The second-order valence-corrected chi connectivity index (χ2v) is 9.62. The van der Waals surface area contributed by atoms with Crippen LogP contribution in [0.3, 0.4) is 0 Å². The molecule has 0 fully saturated rings. The highest BCUT2D eigenvalue weighted by atomic mass is 16.3. The maximum Gasteiger partial charge on any atom is 0.285 e. The Bertz CT molecular complexity index is 2410. The van der Waals surface area contributed by atoms with E-state index in [1.165, 1.54) is 10.8 Å². The molecular formula is C32H19N7O2. The van der Waals surface area contributed by atoms with Crippen LogP contribution in [0.1, 0.15) is 0 Å². The molecular weight excluding hydrogens is 514 g/mol. The lowest BCUT2D eigenvalue weighted by atomic mass is 9.97.